The van der Waals surface area contributed by atoms with Crippen LogP contribution in [0.15, 0.2) is 30.3 Å². The van der Waals surface area contributed by atoms with E-state index in [1.807, 2.05) is 44.2 Å². The molecule has 2 rings (SSSR count). The highest BCUT2D eigenvalue weighted by molar-refractivity contribution is 5.91. The Kier molecular flexibility index (Phi) is 5.72. The predicted octanol–water partition coefficient (Wildman–Crippen LogP) is 2.16. The molecule has 1 heterocycles. The zero-order valence-corrected chi connectivity index (χ0v) is 13.5. The van der Waals surface area contributed by atoms with E-state index in [-0.39, 0.29) is 23.7 Å². The fraction of sp³-hybridized carbons (Fsp3) is 0.556. The number of hydrogen-bond donors (Lipinski definition) is 1. The fourth-order valence-electron chi connectivity index (χ4n) is 2.92. The second-order valence-electron chi connectivity index (χ2n) is 6.41. The van der Waals surface area contributed by atoms with E-state index in [9.17, 15) is 9.59 Å². The van der Waals surface area contributed by atoms with Crippen molar-refractivity contribution in [3.63, 3.8) is 0 Å². The van der Waals surface area contributed by atoms with Crippen molar-refractivity contribution in [1.29, 1.82) is 0 Å². The molecule has 1 amide bonds. The molecule has 1 saturated heterocycles. The summed E-state index contributed by atoms with van der Waals surface area (Å²) < 4.78 is 0. The SMILES string of the molecule is CC(C)[C@H](N)C(=O)N1CCCC1C(=O)CCc1ccccc1. The minimum Gasteiger partial charge on any atom is -0.331 e. The number of ketones is 1. The van der Waals surface area contributed by atoms with Crippen LogP contribution in [0.25, 0.3) is 0 Å². The molecule has 120 valence electrons. The van der Waals surface area contributed by atoms with E-state index in [4.69, 9.17) is 5.73 Å². The maximum Gasteiger partial charge on any atom is 0.240 e. The van der Waals surface area contributed by atoms with Crippen molar-refractivity contribution < 1.29 is 9.59 Å². The maximum absolute atomic E-state index is 12.5. The molecule has 1 aliphatic heterocycles. The maximum atomic E-state index is 12.5. The second kappa shape index (κ2) is 7.54. The molecule has 0 saturated carbocycles. The zero-order valence-electron chi connectivity index (χ0n) is 13.5. The van der Waals surface area contributed by atoms with Crippen LogP contribution in [-0.2, 0) is 16.0 Å². The third kappa shape index (κ3) is 3.95. The molecular formula is C18H26N2O2. The molecule has 1 fully saturated rings. The van der Waals surface area contributed by atoms with Gasteiger partial charge in [-0.05, 0) is 30.7 Å². The first kappa shape index (κ1) is 16.7. The molecule has 1 unspecified atom stereocenters. The Morgan fingerprint density at radius 2 is 1.95 bits per heavy atom. The van der Waals surface area contributed by atoms with Crippen molar-refractivity contribution >= 4 is 11.7 Å². The van der Waals surface area contributed by atoms with Gasteiger partial charge in [-0.1, -0.05) is 44.2 Å². The van der Waals surface area contributed by atoms with Crippen LogP contribution in [0, 0.1) is 5.92 Å². The topological polar surface area (TPSA) is 63.4 Å². The first-order chi connectivity index (χ1) is 10.5. The van der Waals surface area contributed by atoms with E-state index >= 15 is 0 Å². The average molecular weight is 302 g/mol. The van der Waals surface area contributed by atoms with Crippen LogP contribution in [0.4, 0.5) is 0 Å². The smallest absolute Gasteiger partial charge is 0.240 e. The molecular weight excluding hydrogens is 276 g/mol. The van der Waals surface area contributed by atoms with Gasteiger partial charge in [0, 0.05) is 13.0 Å². The van der Waals surface area contributed by atoms with Crippen molar-refractivity contribution in [2.75, 3.05) is 6.54 Å². The molecule has 2 atom stereocenters. The molecule has 1 aliphatic rings. The Balaban J connectivity index is 1.95. The van der Waals surface area contributed by atoms with Gasteiger partial charge in [-0.25, -0.2) is 0 Å². The Morgan fingerprint density at radius 1 is 1.27 bits per heavy atom. The van der Waals surface area contributed by atoms with Crippen LogP contribution in [0.5, 0.6) is 0 Å². The highest BCUT2D eigenvalue weighted by atomic mass is 16.2. The van der Waals surface area contributed by atoms with Crippen LogP contribution in [0.3, 0.4) is 0 Å². The van der Waals surface area contributed by atoms with Crippen LogP contribution in [0.2, 0.25) is 0 Å². The van der Waals surface area contributed by atoms with Gasteiger partial charge in [0.2, 0.25) is 5.91 Å². The van der Waals surface area contributed by atoms with Crippen LogP contribution in [-0.4, -0.2) is 35.2 Å². The van der Waals surface area contributed by atoms with Gasteiger partial charge < -0.3 is 10.6 Å². The lowest BCUT2D eigenvalue weighted by Gasteiger charge is -2.28. The Labute approximate surface area is 132 Å². The first-order valence-corrected chi connectivity index (χ1v) is 8.13. The van der Waals surface area contributed by atoms with Gasteiger partial charge >= 0.3 is 0 Å². The largest absolute Gasteiger partial charge is 0.331 e. The summed E-state index contributed by atoms with van der Waals surface area (Å²) in [5.74, 6) is 0.171. The van der Waals surface area contributed by atoms with Gasteiger partial charge in [0.1, 0.15) is 0 Å². The molecule has 4 heteroatoms. The third-order valence-electron chi connectivity index (χ3n) is 4.41. The summed E-state index contributed by atoms with van der Waals surface area (Å²) in [6, 6.07) is 9.19. The van der Waals surface area contributed by atoms with E-state index in [1.54, 1.807) is 4.90 Å². The zero-order chi connectivity index (χ0) is 16.1. The summed E-state index contributed by atoms with van der Waals surface area (Å²) in [6.45, 7) is 4.52. The monoisotopic (exact) mass is 302 g/mol. The summed E-state index contributed by atoms with van der Waals surface area (Å²) in [5.41, 5.74) is 7.12. The third-order valence-corrected chi connectivity index (χ3v) is 4.41. The van der Waals surface area contributed by atoms with E-state index in [1.165, 1.54) is 0 Å². The molecule has 0 aliphatic carbocycles. The van der Waals surface area contributed by atoms with Crippen molar-refractivity contribution in [3.8, 4) is 0 Å². The number of hydrogen-bond acceptors (Lipinski definition) is 3. The number of aryl methyl sites for hydroxylation is 1. The number of benzene rings is 1. The van der Waals surface area contributed by atoms with Gasteiger partial charge in [-0.3, -0.25) is 9.59 Å². The van der Waals surface area contributed by atoms with Crippen molar-refractivity contribution in [2.45, 2.75) is 51.6 Å². The number of nitrogens with zero attached hydrogens (tertiary/aromatic N) is 1. The van der Waals surface area contributed by atoms with E-state index in [0.717, 1.165) is 24.8 Å². The van der Waals surface area contributed by atoms with Crippen LogP contribution >= 0.6 is 0 Å². The first-order valence-electron chi connectivity index (χ1n) is 8.13. The average Bonchev–Trinajstić information content (AvgIpc) is 3.01. The lowest BCUT2D eigenvalue weighted by Crippen LogP contribution is -2.50. The number of carbonyl (C=O) groups is 2. The van der Waals surface area contributed by atoms with Gasteiger partial charge in [-0.15, -0.1) is 0 Å². The standard InChI is InChI=1S/C18H26N2O2/c1-13(2)17(19)18(22)20-12-6-9-15(20)16(21)11-10-14-7-4-3-5-8-14/h3-5,7-8,13,15,17H,6,9-12,19H2,1-2H3/t15?,17-/m0/s1. The minimum absolute atomic E-state index is 0.0782. The number of nitrogens with two attached hydrogens (primary N) is 1. The molecule has 0 aromatic heterocycles. The van der Waals surface area contributed by atoms with Crippen LogP contribution in [0.1, 0.15) is 38.7 Å². The molecule has 22 heavy (non-hydrogen) atoms. The molecule has 0 radical (unpaired) electrons. The highest BCUT2D eigenvalue weighted by Crippen LogP contribution is 2.22. The molecule has 0 bridgehead atoms. The van der Waals surface area contributed by atoms with E-state index in [0.29, 0.717) is 13.0 Å². The predicted molar refractivity (Wildman–Crippen MR) is 87.3 cm³/mol. The van der Waals surface area contributed by atoms with Gasteiger partial charge in [0.15, 0.2) is 5.78 Å². The van der Waals surface area contributed by atoms with E-state index < -0.39 is 6.04 Å². The summed E-state index contributed by atoms with van der Waals surface area (Å²) >= 11 is 0. The van der Waals surface area contributed by atoms with Crippen LogP contribution < -0.4 is 5.73 Å². The molecule has 1 aromatic rings. The quantitative estimate of drug-likeness (QED) is 0.876. The van der Waals surface area contributed by atoms with Crippen molar-refractivity contribution in [2.24, 2.45) is 11.7 Å². The normalized spacial score (nSPS) is 19.5. The van der Waals surface area contributed by atoms with Gasteiger partial charge in [-0.2, -0.15) is 0 Å². The van der Waals surface area contributed by atoms with Crippen molar-refractivity contribution in [3.05, 3.63) is 35.9 Å². The number of rotatable bonds is 6. The molecule has 4 nitrogen and oxygen atoms in total. The number of carbonyl (C=O) groups excluding carboxylic acids is 2. The Morgan fingerprint density at radius 3 is 2.59 bits per heavy atom. The summed E-state index contributed by atoms with van der Waals surface area (Å²) in [5, 5.41) is 0. The highest BCUT2D eigenvalue weighted by Gasteiger charge is 2.36. The minimum atomic E-state index is -0.512. The van der Waals surface area contributed by atoms with E-state index in [2.05, 4.69) is 0 Å². The number of likely N-dealkylation sites (tertiary alicyclic amines) is 1. The number of Topliss-reactive ketones (excluding diaryl/α,β-unsaturated/α-hetero) is 1. The molecule has 1 aromatic carbocycles. The summed E-state index contributed by atoms with van der Waals surface area (Å²) in [6.07, 6.45) is 2.87. The van der Waals surface area contributed by atoms with Gasteiger partial charge in [0.05, 0.1) is 12.1 Å². The summed E-state index contributed by atoms with van der Waals surface area (Å²) in [7, 11) is 0. The molecule has 2 N–H and O–H groups in total. The Bertz CT molecular complexity index is 513. The Hall–Kier alpha value is -1.68. The summed E-state index contributed by atoms with van der Waals surface area (Å²) in [4.78, 5) is 26.6. The van der Waals surface area contributed by atoms with Crippen molar-refractivity contribution in [1.82, 2.24) is 4.90 Å². The lowest BCUT2D eigenvalue weighted by molar-refractivity contribution is -0.139. The second-order valence-corrected chi connectivity index (χ2v) is 6.41. The fourth-order valence-corrected chi connectivity index (χ4v) is 2.92. The lowest BCUT2D eigenvalue weighted by atomic mass is 10.00. The van der Waals surface area contributed by atoms with Gasteiger partial charge in [0.25, 0.3) is 0 Å². The number of amides is 1. The molecule has 0 spiro atoms.